The van der Waals surface area contributed by atoms with Crippen molar-refractivity contribution in [3.63, 3.8) is 0 Å². The zero-order chi connectivity index (χ0) is 11.5. The third kappa shape index (κ3) is 2.61. The number of hydrogen-bond donors (Lipinski definition) is 2. The van der Waals surface area contributed by atoms with Crippen LogP contribution in [0.2, 0.25) is 5.15 Å². The van der Waals surface area contributed by atoms with E-state index in [2.05, 4.69) is 15.5 Å². The molecule has 6 heteroatoms. The van der Waals surface area contributed by atoms with Crippen molar-refractivity contribution >= 4 is 23.4 Å². The van der Waals surface area contributed by atoms with E-state index in [0.717, 1.165) is 6.42 Å². The standard InChI is InChI=1S/C10H12ClN3O2/c11-8-3-4-9(14-13-8)12-7-2-1-6(5-7)10(15)16/h3-4,6-7H,1-2,5H2,(H,12,14)(H,15,16)/t6-,7+/m1/s1. The molecule has 0 unspecified atom stereocenters. The summed E-state index contributed by atoms with van der Waals surface area (Å²) >= 11 is 5.61. The minimum absolute atomic E-state index is 0.163. The van der Waals surface area contributed by atoms with Crippen LogP contribution in [0.25, 0.3) is 0 Å². The SMILES string of the molecule is O=C(O)[C@@H]1CC[C@H](Nc2ccc(Cl)nn2)C1. The Kier molecular flexibility index (Phi) is 3.24. The van der Waals surface area contributed by atoms with Gasteiger partial charge in [-0.1, -0.05) is 11.6 Å². The number of aliphatic carboxylic acids is 1. The number of halogens is 1. The Balaban J connectivity index is 1.92. The summed E-state index contributed by atoms with van der Waals surface area (Å²) in [4.78, 5) is 10.8. The lowest BCUT2D eigenvalue weighted by molar-refractivity contribution is -0.141. The molecule has 2 N–H and O–H groups in total. The summed E-state index contributed by atoms with van der Waals surface area (Å²) in [6.45, 7) is 0. The van der Waals surface area contributed by atoms with Crippen molar-refractivity contribution in [3.8, 4) is 0 Å². The Hall–Kier alpha value is -1.36. The second-order valence-electron chi connectivity index (χ2n) is 3.93. The molecule has 1 aliphatic carbocycles. The lowest BCUT2D eigenvalue weighted by Gasteiger charge is -2.12. The maximum Gasteiger partial charge on any atom is 0.306 e. The molecule has 5 nitrogen and oxygen atoms in total. The summed E-state index contributed by atoms with van der Waals surface area (Å²) in [6.07, 6.45) is 2.20. The molecule has 0 aliphatic heterocycles. The molecule has 1 aromatic rings. The van der Waals surface area contributed by atoms with Crippen molar-refractivity contribution < 1.29 is 9.90 Å². The predicted molar refractivity (Wildman–Crippen MR) is 59.4 cm³/mol. The first-order valence-corrected chi connectivity index (χ1v) is 5.51. The van der Waals surface area contributed by atoms with E-state index in [-0.39, 0.29) is 12.0 Å². The minimum Gasteiger partial charge on any atom is -0.481 e. The highest BCUT2D eigenvalue weighted by Gasteiger charge is 2.29. The molecule has 0 saturated heterocycles. The maximum absolute atomic E-state index is 10.8. The van der Waals surface area contributed by atoms with Gasteiger partial charge in [-0.05, 0) is 31.4 Å². The zero-order valence-corrected chi connectivity index (χ0v) is 9.31. The summed E-state index contributed by atoms with van der Waals surface area (Å²) in [5.41, 5.74) is 0. The molecular formula is C10H12ClN3O2. The summed E-state index contributed by atoms with van der Waals surface area (Å²) in [7, 11) is 0. The average Bonchev–Trinajstić information content (AvgIpc) is 2.70. The fourth-order valence-electron chi connectivity index (χ4n) is 1.94. The van der Waals surface area contributed by atoms with Gasteiger partial charge < -0.3 is 10.4 Å². The van der Waals surface area contributed by atoms with E-state index in [0.29, 0.717) is 23.8 Å². The van der Waals surface area contributed by atoms with Gasteiger partial charge in [-0.15, -0.1) is 10.2 Å². The number of nitrogens with zero attached hydrogens (tertiary/aromatic N) is 2. The van der Waals surface area contributed by atoms with E-state index in [4.69, 9.17) is 16.7 Å². The zero-order valence-electron chi connectivity index (χ0n) is 8.56. The molecule has 16 heavy (non-hydrogen) atoms. The highest BCUT2D eigenvalue weighted by Crippen LogP contribution is 2.27. The van der Waals surface area contributed by atoms with Crippen LogP contribution in [0, 0.1) is 5.92 Å². The number of anilines is 1. The van der Waals surface area contributed by atoms with Gasteiger partial charge in [0.05, 0.1) is 5.92 Å². The van der Waals surface area contributed by atoms with E-state index in [1.165, 1.54) is 0 Å². The first kappa shape index (κ1) is 11.1. The quantitative estimate of drug-likeness (QED) is 0.844. The topological polar surface area (TPSA) is 75.1 Å². The molecule has 0 radical (unpaired) electrons. The second-order valence-corrected chi connectivity index (χ2v) is 4.32. The molecule has 1 aromatic heterocycles. The molecule has 0 amide bonds. The Labute approximate surface area is 97.8 Å². The Morgan fingerprint density at radius 3 is 2.81 bits per heavy atom. The van der Waals surface area contributed by atoms with Crippen molar-refractivity contribution in [1.29, 1.82) is 0 Å². The predicted octanol–water partition coefficient (Wildman–Crippen LogP) is 1.80. The third-order valence-electron chi connectivity index (χ3n) is 2.77. The summed E-state index contributed by atoms with van der Waals surface area (Å²) in [5.74, 6) is -0.315. The normalized spacial score (nSPS) is 24.3. The van der Waals surface area contributed by atoms with Gasteiger partial charge in [-0.2, -0.15) is 0 Å². The van der Waals surface area contributed by atoms with Gasteiger partial charge in [0.15, 0.2) is 5.15 Å². The average molecular weight is 242 g/mol. The molecule has 86 valence electrons. The van der Waals surface area contributed by atoms with Gasteiger partial charge in [-0.25, -0.2) is 0 Å². The van der Waals surface area contributed by atoms with Crippen LogP contribution in [0.4, 0.5) is 5.82 Å². The minimum atomic E-state index is -0.716. The van der Waals surface area contributed by atoms with Crippen LogP contribution in [0.3, 0.4) is 0 Å². The number of rotatable bonds is 3. The lowest BCUT2D eigenvalue weighted by Crippen LogP contribution is -2.18. The lowest BCUT2D eigenvalue weighted by atomic mass is 10.1. The fourth-order valence-corrected chi connectivity index (χ4v) is 2.04. The number of nitrogens with one attached hydrogen (secondary N) is 1. The highest BCUT2D eigenvalue weighted by molar-refractivity contribution is 6.29. The van der Waals surface area contributed by atoms with Gasteiger partial charge in [0, 0.05) is 6.04 Å². The molecule has 1 saturated carbocycles. The second kappa shape index (κ2) is 4.65. The van der Waals surface area contributed by atoms with Crippen LogP contribution >= 0.6 is 11.6 Å². The van der Waals surface area contributed by atoms with E-state index >= 15 is 0 Å². The molecule has 2 atom stereocenters. The van der Waals surface area contributed by atoms with E-state index in [9.17, 15) is 4.79 Å². The van der Waals surface area contributed by atoms with Crippen molar-refractivity contribution in [3.05, 3.63) is 17.3 Å². The molecule has 1 fully saturated rings. The fraction of sp³-hybridized carbons (Fsp3) is 0.500. The van der Waals surface area contributed by atoms with Crippen molar-refractivity contribution in [2.24, 2.45) is 5.92 Å². The number of hydrogen-bond acceptors (Lipinski definition) is 4. The largest absolute Gasteiger partial charge is 0.481 e. The maximum atomic E-state index is 10.8. The highest BCUT2D eigenvalue weighted by atomic mass is 35.5. The van der Waals surface area contributed by atoms with Crippen molar-refractivity contribution in [1.82, 2.24) is 10.2 Å². The van der Waals surface area contributed by atoms with Crippen molar-refractivity contribution in [2.45, 2.75) is 25.3 Å². The monoisotopic (exact) mass is 241 g/mol. The summed E-state index contributed by atoms with van der Waals surface area (Å²) in [5, 5.41) is 19.9. The van der Waals surface area contributed by atoms with Gasteiger partial charge in [0.1, 0.15) is 5.82 Å². The van der Waals surface area contributed by atoms with Crippen LogP contribution in [-0.4, -0.2) is 27.3 Å². The summed E-state index contributed by atoms with van der Waals surface area (Å²) < 4.78 is 0. The van der Waals surface area contributed by atoms with Crippen LogP contribution in [0.15, 0.2) is 12.1 Å². The third-order valence-corrected chi connectivity index (χ3v) is 2.97. The van der Waals surface area contributed by atoms with Crippen LogP contribution in [-0.2, 0) is 4.79 Å². The Morgan fingerprint density at radius 2 is 2.25 bits per heavy atom. The smallest absolute Gasteiger partial charge is 0.306 e. The first-order valence-electron chi connectivity index (χ1n) is 5.13. The Bertz CT molecular complexity index is 382. The molecule has 0 bridgehead atoms. The van der Waals surface area contributed by atoms with Gasteiger partial charge >= 0.3 is 5.97 Å². The van der Waals surface area contributed by atoms with Crippen LogP contribution in [0.1, 0.15) is 19.3 Å². The molecule has 2 rings (SSSR count). The van der Waals surface area contributed by atoms with E-state index < -0.39 is 5.97 Å². The molecule has 0 spiro atoms. The van der Waals surface area contributed by atoms with E-state index in [1.54, 1.807) is 12.1 Å². The van der Waals surface area contributed by atoms with Gasteiger partial charge in [-0.3, -0.25) is 4.79 Å². The molecular weight excluding hydrogens is 230 g/mol. The number of aromatic nitrogens is 2. The van der Waals surface area contributed by atoms with Gasteiger partial charge in [0.25, 0.3) is 0 Å². The molecule has 1 aliphatic rings. The number of carboxylic acids is 1. The number of carboxylic acid groups (broad SMARTS) is 1. The molecule has 1 heterocycles. The van der Waals surface area contributed by atoms with Crippen molar-refractivity contribution in [2.75, 3.05) is 5.32 Å². The Morgan fingerprint density at radius 1 is 1.44 bits per heavy atom. The number of carbonyl (C=O) groups is 1. The van der Waals surface area contributed by atoms with Gasteiger partial charge in [0.2, 0.25) is 0 Å². The molecule has 0 aromatic carbocycles. The summed E-state index contributed by atoms with van der Waals surface area (Å²) in [6, 6.07) is 3.56. The van der Waals surface area contributed by atoms with Crippen LogP contribution < -0.4 is 5.32 Å². The first-order chi connectivity index (χ1) is 7.65. The van der Waals surface area contributed by atoms with Crippen LogP contribution in [0.5, 0.6) is 0 Å². The van der Waals surface area contributed by atoms with E-state index in [1.807, 2.05) is 0 Å².